The third-order valence-corrected chi connectivity index (χ3v) is 3.72. The maximum Gasteiger partial charge on any atom is 0.191 e. The van der Waals surface area contributed by atoms with Gasteiger partial charge in [-0.05, 0) is 25.7 Å². The Morgan fingerprint density at radius 1 is 1.42 bits per heavy atom. The molecule has 2 aliphatic rings. The molecule has 0 unspecified atom stereocenters. The van der Waals surface area contributed by atoms with Crippen molar-refractivity contribution in [1.82, 2.24) is 10.6 Å². The number of rotatable bonds is 4. The molecule has 19 heavy (non-hydrogen) atoms. The molecule has 0 atom stereocenters. The van der Waals surface area contributed by atoms with Gasteiger partial charge in [-0.2, -0.15) is 0 Å². The molecule has 0 spiro atoms. The second-order valence-electron chi connectivity index (χ2n) is 5.06. The topological polar surface area (TPSA) is 45.7 Å². The van der Waals surface area contributed by atoms with Crippen LogP contribution in [-0.4, -0.2) is 38.8 Å². The molecule has 2 rings (SSSR count). The van der Waals surface area contributed by atoms with E-state index in [1.807, 2.05) is 7.05 Å². The maximum absolute atomic E-state index is 5.30. The van der Waals surface area contributed by atoms with E-state index in [4.69, 9.17) is 4.74 Å². The quantitative estimate of drug-likeness (QED) is 0.341. The van der Waals surface area contributed by atoms with Crippen molar-refractivity contribution < 1.29 is 4.74 Å². The molecule has 0 radical (unpaired) electrons. The van der Waals surface area contributed by atoms with E-state index in [0.717, 1.165) is 38.6 Å². The second kappa shape index (κ2) is 9.58. The van der Waals surface area contributed by atoms with Gasteiger partial charge in [-0.25, -0.2) is 0 Å². The van der Waals surface area contributed by atoms with Crippen LogP contribution in [0, 0.1) is 0 Å². The van der Waals surface area contributed by atoms with E-state index >= 15 is 0 Å². The molecule has 1 fully saturated rings. The zero-order valence-electron chi connectivity index (χ0n) is 11.8. The van der Waals surface area contributed by atoms with Gasteiger partial charge < -0.3 is 15.4 Å². The maximum atomic E-state index is 5.30. The molecule has 5 heteroatoms. The van der Waals surface area contributed by atoms with E-state index in [0.29, 0.717) is 6.04 Å². The lowest BCUT2D eigenvalue weighted by Crippen LogP contribution is -2.42. The van der Waals surface area contributed by atoms with Gasteiger partial charge in [0.05, 0.1) is 13.2 Å². The summed E-state index contributed by atoms with van der Waals surface area (Å²) in [6, 6.07) is 0.624. The normalized spacial score (nSPS) is 20.7. The Labute approximate surface area is 133 Å². The minimum absolute atomic E-state index is 0. The van der Waals surface area contributed by atoms with Crippen molar-refractivity contribution in [3.63, 3.8) is 0 Å². The van der Waals surface area contributed by atoms with Gasteiger partial charge in [-0.1, -0.05) is 24.5 Å². The summed E-state index contributed by atoms with van der Waals surface area (Å²) in [4.78, 5) is 4.28. The monoisotopic (exact) mass is 379 g/mol. The predicted octanol–water partition coefficient (Wildman–Crippen LogP) is 2.45. The standard InChI is InChI=1S/C14H25N3O.HI/c1-15-14(17-13-4-2-3-5-13)16-9-6-12-7-10-18-11-8-12;/h7,13H,2-6,8-11H2,1H3,(H2,15,16,17);1H. The van der Waals surface area contributed by atoms with Crippen LogP contribution in [0.1, 0.15) is 38.5 Å². The molecule has 110 valence electrons. The lowest BCUT2D eigenvalue weighted by atomic mass is 10.1. The highest BCUT2D eigenvalue weighted by molar-refractivity contribution is 14.0. The van der Waals surface area contributed by atoms with Gasteiger partial charge in [0.1, 0.15) is 0 Å². The second-order valence-corrected chi connectivity index (χ2v) is 5.06. The molecular formula is C14H26IN3O. The summed E-state index contributed by atoms with van der Waals surface area (Å²) in [7, 11) is 1.85. The van der Waals surface area contributed by atoms with Crippen LogP contribution in [0.15, 0.2) is 16.6 Å². The van der Waals surface area contributed by atoms with Crippen molar-refractivity contribution in [3.05, 3.63) is 11.6 Å². The highest BCUT2D eigenvalue weighted by Gasteiger charge is 2.15. The summed E-state index contributed by atoms with van der Waals surface area (Å²) in [5, 5.41) is 6.90. The van der Waals surface area contributed by atoms with Crippen molar-refractivity contribution in [1.29, 1.82) is 0 Å². The predicted molar refractivity (Wildman–Crippen MR) is 90.3 cm³/mol. The van der Waals surface area contributed by atoms with Crippen molar-refractivity contribution in [2.75, 3.05) is 26.8 Å². The number of halogens is 1. The van der Waals surface area contributed by atoms with Crippen LogP contribution in [-0.2, 0) is 4.74 Å². The molecular weight excluding hydrogens is 353 g/mol. The molecule has 4 nitrogen and oxygen atoms in total. The molecule has 2 N–H and O–H groups in total. The summed E-state index contributed by atoms with van der Waals surface area (Å²) < 4.78 is 5.30. The molecule has 1 aliphatic carbocycles. The van der Waals surface area contributed by atoms with Gasteiger partial charge in [0.25, 0.3) is 0 Å². The van der Waals surface area contributed by atoms with Crippen LogP contribution in [0.25, 0.3) is 0 Å². The fourth-order valence-electron chi connectivity index (χ4n) is 2.59. The largest absolute Gasteiger partial charge is 0.377 e. The van der Waals surface area contributed by atoms with Crippen molar-refractivity contribution in [2.24, 2.45) is 4.99 Å². The first-order valence-electron chi connectivity index (χ1n) is 7.11. The van der Waals surface area contributed by atoms with E-state index in [-0.39, 0.29) is 24.0 Å². The fourth-order valence-corrected chi connectivity index (χ4v) is 2.59. The Morgan fingerprint density at radius 2 is 2.21 bits per heavy atom. The summed E-state index contributed by atoms with van der Waals surface area (Å²) in [5.74, 6) is 0.953. The first-order valence-corrected chi connectivity index (χ1v) is 7.11. The lowest BCUT2D eigenvalue weighted by Gasteiger charge is -2.18. The number of nitrogens with one attached hydrogen (secondary N) is 2. The number of hydrogen-bond acceptors (Lipinski definition) is 2. The smallest absolute Gasteiger partial charge is 0.191 e. The number of ether oxygens (including phenoxy) is 1. The third kappa shape index (κ3) is 6.12. The summed E-state index contributed by atoms with van der Waals surface area (Å²) in [6.45, 7) is 2.61. The highest BCUT2D eigenvalue weighted by Crippen LogP contribution is 2.17. The lowest BCUT2D eigenvalue weighted by molar-refractivity contribution is 0.153. The average molecular weight is 379 g/mol. The third-order valence-electron chi connectivity index (χ3n) is 3.72. The summed E-state index contributed by atoms with van der Waals surface area (Å²) >= 11 is 0. The molecule has 0 aromatic rings. The van der Waals surface area contributed by atoms with Crippen LogP contribution in [0.5, 0.6) is 0 Å². The molecule has 0 bridgehead atoms. The average Bonchev–Trinajstić information content (AvgIpc) is 2.92. The number of nitrogens with zero attached hydrogens (tertiary/aromatic N) is 1. The Kier molecular flexibility index (Phi) is 8.45. The van der Waals surface area contributed by atoms with Gasteiger partial charge in [0, 0.05) is 19.6 Å². The van der Waals surface area contributed by atoms with E-state index in [1.54, 1.807) is 0 Å². The Balaban J connectivity index is 0.00000180. The molecule has 1 saturated carbocycles. The number of hydrogen-bond donors (Lipinski definition) is 2. The van der Waals surface area contributed by atoms with Crippen molar-refractivity contribution >= 4 is 29.9 Å². The number of aliphatic imine (C=N–C) groups is 1. The van der Waals surface area contributed by atoms with E-state index in [1.165, 1.54) is 31.3 Å². The minimum atomic E-state index is 0. The molecule has 0 aromatic heterocycles. The Morgan fingerprint density at radius 3 is 2.84 bits per heavy atom. The molecule has 1 heterocycles. The highest BCUT2D eigenvalue weighted by atomic mass is 127. The van der Waals surface area contributed by atoms with Crippen molar-refractivity contribution in [3.8, 4) is 0 Å². The number of guanidine groups is 1. The molecule has 1 aliphatic heterocycles. The van der Waals surface area contributed by atoms with E-state index < -0.39 is 0 Å². The first kappa shape index (κ1) is 16.8. The SMILES string of the molecule is CN=C(NCCC1=CCOCC1)NC1CCCC1.I. The Bertz CT molecular complexity index is 312. The molecule has 0 saturated heterocycles. The minimum Gasteiger partial charge on any atom is -0.377 e. The van der Waals surface area contributed by atoms with Crippen LogP contribution in [0.2, 0.25) is 0 Å². The van der Waals surface area contributed by atoms with E-state index in [2.05, 4.69) is 21.7 Å². The summed E-state index contributed by atoms with van der Waals surface area (Å²) in [6.07, 6.45) is 9.64. The van der Waals surface area contributed by atoms with Crippen LogP contribution < -0.4 is 10.6 Å². The van der Waals surface area contributed by atoms with Gasteiger partial charge in [0.2, 0.25) is 0 Å². The summed E-state index contributed by atoms with van der Waals surface area (Å²) in [5.41, 5.74) is 1.50. The zero-order chi connectivity index (χ0) is 12.6. The first-order chi connectivity index (χ1) is 8.88. The van der Waals surface area contributed by atoms with Gasteiger partial charge in [-0.15, -0.1) is 24.0 Å². The van der Waals surface area contributed by atoms with Crippen LogP contribution in [0.4, 0.5) is 0 Å². The van der Waals surface area contributed by atoms with Crippen LogP contribution >= 0.6 is 24.0 Å². The van der Waals surface area contributed by atoms with Gasteiger partial charge in [-0.3, -0.25) is 4.99 Å². The fraction of sp³-hybridized carbons (Fsp3) is 0.786. The zero-order valence-corrected chi connectivity index (χ0v) is 14.1. The van der Waals surface area contributed by atoms with Gasteiger partial charge >= 0.3 is 0 Å². The molecule has 0 amide bonds. The van der Waals surface area contributed by atoms with Gasteiger partial charge in [0.15, 0.2) is 5.96 Å². The Hall–Kier alpha value is -0.300. The molecule has 0 aromatic carbocycles. The van der Waals surface area contributed by atoms with E-state index in [9.17, 15) is 0 Å². The van der Waals surface area contributed by atoms with Crippen LogP contribution in [0.3, 0.4) is 0 Å². The van der Waals surface area contributed by atoms with Crippen molar-refractivity contribution in [2.45, 2.75) is 44.6 Å².